The normalized spacial score (nSPS) is 17.2. The molecule has 0 unspecified atom stereocenters. The lowest BCUT2D eigenvalue weighted by molar-refractivity contribution is -0.128. The molecule has 0 aliphatic carbocycles. The molecule has 1 rings (SSSR count). The molecule has 26 heavy (non-hydrogen) atoms. The summed E-state index contributed by atoms with van der Waals surface area (Å²) >= 11 is 0. The third-order valence-corrected chi connectivity index (χ3v) is 4.68. The first-order valence-corrected chi connectivity index (χ1v) is 9.97. The van der Waals surface area contributed by atoms with Crippen LogP contribution in [0, 0.1) is 5.41 Å². The topological polar surface area (TPSA) is 78.0 Å². The van der Waals surface area contributed by atoms with Crippen molar-refractivity contribution in [3.05, 3.63) is 0 Å². The van der Waals surface area contributed by atoms with Crippen LogP contribution >= 0.6 is 0 Å². The second-order valence-electron chi connectivity index (χ2n) is 7.55. The maximum atomic E-state index is 12.1. The van der Waals surface area contributed by atoms with Crippen LogP contribution in [0.5, 0.6) is 0 Å². The molecule has 1 fully saturated rings. The van der Waals surface area contributed by atoms with Gasteiger partial charge in [-0.05, 0) is 47.0 Å². The minimum Gasteiger partial charge on any atom is -0.385 e. The first kappa shape index (κ1) is 22.7. The van der Waals surface area contributed by atoms with Crippen molar-refractivity contribution in [2.24, 2.45) is 10.4 Å². The Hall–Kier alpha value is -1.34. The fourth-order valence-corrected chi connectivity index (χ4v) is 3.00. The molecule has 0 saturated carbocycles. The highest BCUT2D eigenvalue weighted by molar-refractivity contribution is 5.83. The van der Waals surface area contributed by atoms with E-state index in [0.29, 0.717) is 19.1 Å². The maximum absolute atomic E-state index is 12.1. The zero-order chi connectivity index (χ0) is 19.4. The van der Waals surface area contributed by atoms with Gasteiger partial charge < -0.3 is 25.6 Å². The maximum Gasteiger partial charge on any atom is 0.227 e. The standard InChI is InChI=1S/C19H39N5O2/c1-6-20-17(25)19(3,4)15-22-18(21-7-2)23-16-9-12-24(13-10-16)11-8-14-26-5/h16H,6-15H2,1-5H3,(H,20,25)(H2,21,22,23). The van der Waals surface area contributed by atoms with Crippen LogP contribution in [0.4, 0.5) is 0 Å². The molecule has 0 atom stereocenters. The summed E-state index contributed by atoms with van der Waals surface area (Å²) in [4.78, 5) is 19.3. The summed E-state index contributed by atoms with van der Waals surface area (Å²) in [6.07, 6.45) is 3.31. The number of likely N-dealkylation sites (tertiary alicyclic amines) is 1. The fraction of sp³-hybridized carbons (Fsp3) is 0.895. The molecule has 1 aliphatic heterocycles. The first-order valence-electron chi connectivity index (χ1n) is 9.97. The summed E-state index contributed by atoms with van der Waals surface area (Å²) < 4.78 is 5.13. The van der Waals surface area contributed by atoms with Crippen molar-refractivity contribution < 1.29 is 9.53 Å². The Morgan fingerprint density at radius 3 is 2.42 bits per heavy atom. The third-order valence-electron chi connectivity index (χ3n) is 4.68. The number of guanidine groups is 1. The molecule has 7 nitrogen and oxygen atoms in total. The van der Waals surface area contributed by atoms with Gasteiger partial charge >= 0.3 is 0 Å². The van der Waals surface area contributed by atoms with Crippen molar-refractivity contribution in [3.63, 3.8) is 0 Å². The average Bonchev–Trinajstić information content (AvgIpc) is 2.62. The highest BCUT2D eigenvalue weighted by Crippen LogP contribution is 2.16. The SMILES string of the molecule is CCNC(=O)C(C)(C)CN=C(NCC)NC1CCN(CCCOC)CC1. The van der Waals surface area contributed by atoms with Crippen molar-refractivity contribution in [1.29, 1.82) is 0 Å². The van der Waals surface area contributed by atoms with Crippen molar-refractivity contribution in [2.75, 3.05) is 53.0 Å². The number of piperidine rings is 1. The lowest BCUT2D eigenvalue weighted by Crippen LogP contribution is -2.49. The monoisotopic (exact) mass is 369 g/mol. The second-order valence-corrected chi connectivity index (χ2v) is 7.55. The van der Waals surface area contributed by atoms with E-state index in [-0.39, 0.29) is 5.91 Å². The number of nitrogens with zero attached hydrogens (tertiary/aromatic N) is 2. The number of carbonyl (C=O) groups excluding carboxylic acids is 1. The Bertz CT molecular complexity index is 432. The van der Waals surface area contributed by atoms with Gasteiger partial charge in [-0.1, -0.05) is 0 Å². The summed E-state index contributed by atoms with van der Waals surface area (Å²) in [5, 5.41) is 9.73. The van der Waals surface area contributed by atoms with Crippen LogP contribution in [-0.2, 0) is 9.53 Å². The van der Waals surface area contributed by atoms with E-state index >= 15 is 0 Å². The zero-order valence-electron chi connectivity index (χ0n) is 17.4. The molecule has 0 aromatic carbocycles. The number of ether oxygens (including phenoxy) is 1. The molecule has 1 aliphatic rings. The van der Waals surface area contributed by atoms with Crippen LogP contribution in [0.15, 0.2) is 4.99 Å². The van der Waals surface area contributed by atoms with Crippen LogP contribution in [0.2, 0.25) is 0 Å². The highest BCUT2D eigenvalue weighted by Gasteiger charge is 2.27. The molecule has 0 radical (unpaired) electrons. The fourth-order valence-electron chi connectivity index (χ4n) is 3.00. The Labute approximate surface area is 159 Å². The molecule has 0 aromatic heterocycles. The molecule has 0 aromatic rings. The molecule has 0 spiro atoms. The molecular weight excluding hydrogens is 330 g/mol. The predicted molar refractivity (Wildman–Crippen MR) is 108 cm³/mol. The van der Waals surface area contributed by atoms with Gasteiger partial charge in [-0.15, -0.1) is 0 Å². The van der Waals surface area contributed by atoms with Gasteiger partial charge in [-0.25, -0.2) is 0 Å². The van der Waals surface area contributed by atoms with Crippen LogP contribution < -0.4 is 16.0 Å². The predicted octanol–water partition coefficient (Wildman–Crippen LogP) is 1.20. The van der Waals surface area contributed by atoms with Crippen LogP contribution in [0.1, 0.15) is 47.0 Å². The van der Waals surface area contributed by atoms with Gasteiger partial charge in [-0.2, -0.15) is 0 Å². The highest BCUT2D eigenvalue weighted by atomic mass is 16.5. The lowest BCUT2D eigenvalue weighted by Gasteiger charge is -2.33. The summed E-state index contributed by atoms with van der Waals surface area (Å²) in [6, 6.07) is 0.430. The van der Waals surface area contributed by atoms with Gasteiger partial charge in [0.1, 0.15) is 0 Å². The number of hydrogen-bond acceptors (Lipinski definition) is 4. The molecule has 152 valence electrons. The number of rotatable bonds is 10. The largest absolute Gasteiger partial charge is 0.385 e. The minimum absolute atomic E-state index is 0.0453. The summed E-state index contributed by atoms with van der Waals surface area (Å²) in [5.74, 6) is 0.853. The van der Waals surface area contributed by atoms with Crippen molar-refractivity contribution in [3.8, 4) is 0 Å². The Balaban J connectivity index is 2.49. The summed E-state index contributed by atoms with van der Waals surface area (Å²) in [5.41, 5.74) is -0.511. The van der Waals surface area contributed by atoms with Gasteiger partial charge in [0.15, 0.2) is 5.96 Å². The van der Waals surface area contributed by atoms with Gasteiger partial charge in [-0.3, -0.25) is 9.79 Å². The van der Waals surface area contributed by atoms with Crippen molar-refractivity contribution >= 4 is 11.9 Å². The average molecular weight is 370 g/mol. The van der Waals surface area contributed by atoms with Crippen LogP contribution in [0.25, 0.3) is 0 Å². The van der Waals surface area contributed by atoms with E-state index in [4.69, 9.17) is 4.74 Å². The Morgan fingerprint density at radius 2 is 1.85 bits per heavy atom. The molecule has 0 bridgehead atoms. The zero-order valence-corrected chi connectivity index (χ0v) is 17.4. The second kappa shape index (κ2) is 12.1. The number of aliphatic imine (C=N–C) groups is 1. The molecule has 3 N–H and O–H groups in total. The van der Waals surface area contributed by atoms with E-state index in [9.17, 15) is 4.79 Å². The van der Waals surface area contributed by atoms with Crippen LogP contribution in [-0.4, -0.2) is 75.8 Å². The van der Waals surface area contributed by atoms with E-state index in [1.165, 1.54) is 0 Å². The Morgan fingerprint density at radius 1 is 1.19 bits per heavy atom. The molecule has 1 saturated heterocycles. The lowest BCUT2D eigenvalue weighted by atomic mass is 9.92. The molecule has 1 amide bonds. The van der Waals surface area contributed by atoms with Crippen LogP contribution in [0.3, 0.4) is 0 Å². The first-order chi connectivity index (χ1) is 12.4. The number of nitrogens with one attached hydrogen (secondary N) is 3. The van der Waals surface area contributed by atoms with E-state index < -0.39 is 5.41 Å². The van der Waals surface area contributed by atoms with Crippen molar-refractivity contribution in [2.45, 2.75) is 53.0 Å². The smallest absolute Gasteiger partial charge is 0.227 e. The van der Waals surface area contributed by atoms with E-state index in [1.54, 1.807) is 7.11 Å². The minimum atomic E-state index is -0.511. The third kappa shape index (κ3) is 8.36. The summed E-state index contributed by atoms with van der Waals surface area (Å²) in [7, 11) is 1.75. The molecule has 1 heterocycles. The Kier molecular flexibility index (Phi) is 10.6. The molecular formula is C19H39N5O2. The van der Waals surface area contributed by atoms with Gasteiger partial charge in [0.2, 0.25) is 5.91 Å². The van der Waals surface area contributed by atoms with E-state index in [0.717, 1.165) is 58.0 Å². The van der Waals surface area contributed by atoms with E-state index in [2.05, 4.69) is 32.8 Å². The van der Waals surface area contributed by atoms with Crippen molar-refractivity contribution in [1.82, 2.24) is 20.9 Å². The van der Waals surface area contributed by atoms with Gasteiger partial charge in [0.05, 0.1) is 12.0 Å². The van der Waals surface area contributed by atoms with Gasteiger partial charge in [0.25, 0.3) is 0 Å². The number of amides is 1. The summed E-state index contributed by atoms with van der Waals surface area (Å²) in [6.45, 7) is 13.9. The van der Waals surface area contributed by atoms with E-state index in [1.807, 2.05) is 20.8 Å². The molecule has 7 heteroatoms. The van der Waals surface area contributed by atoms with Gasteiger partial charge in [0, 0.05) is 52.5 Å². The quantitative estimate of drug-likeness (QED) is 0.306. The number of hydrogen-bond donors (Lipinski definition) is 3. The number of methoxy groups -OCH3 is 1. The number of carbonyl (C=O) groups is 1.